The van der Waals surface area contributed by atoms with Crippen LogP contribution in [0.25, 0.3) is 0 Å². The third kappa shape index (κ3) is 7.89. The molecular formula is C17H28O2. The van der Waals surface area contributed by atoms with Gasteiger partial charge in [0.2, 0.25) is 0 Å². The van der Waals surface area contributed by atoms with Gasteiger partial charge in [0, 0.05) is 0 Å². The van der Waals surface area contributed by atoms with E-state index in [-0.39, 0.29) is 6.61 Å². The summed E-state index contributed by atoms with van der Waals surface area (Å²) < 4.78 is 5.67. The first-order chi connectivity index (χ1) is 9.36. The third-order valence-electron chi connectivity index (χ3n) is 3.37. The molecular weight excluding hydrogens is 236 g/mol. The van der Waals surface area contributed by atoms with Crippen molar-refractivity contribution in [2.24, 2.45) is 0 Å². The molecule has 19 heavy (non-hydrogen) atoms. The van der Waals surface area contributed by atoms with Crippen LogP contribution in [0.1, 0.15) is 63.9 Å². The topological polar surface area (TPSA) is 29.5 Å². The lowest BCUT2D eigenvalue weighted by Gasteiger charge is -2.06. The minimum Gasteiger partial charge on any atom is -0.494 e. The smallest absolute Gasteiger partial charge is 0.119 e. The molecule has 0 aliphatic rings. The van der Waals surface area contributed by atoms with Crippen LogP contribution in [0.5, 0.6) is 5.75 Å². The Morgan fingerprint density at radius 2 is 1.42 bits per heavy atom. The zero-order chi connectivity index (χ0) is 13.8. The molecule has 0 amide bonds. The number of hydrogen-bond donors (Lipinski definition) is 1. The van der Waals surface area contributed by atoms with Crippen molar-refractivity contribution in [2.45, 2.75) is 64.9 Å². The molecule has 0 atom stereocenters. The van der Waals surface area contributed by atoms with Crippen molar-refractivity contribution in [3.8, 4) is 5.75 Å². The van der Waals surface area contributed by atoms with Crippen LogP contribution in [0.15, 0.2) is 24.3 Å². The van der Waals surface area contributed by atoms with E-state index in [9.17, 15) is 0 Å². The predicted molar refractivity (Wildman–Crippen MR) is 80.5 cm³/mol. The van der Waals surface area contributed by atoms with E-state index >= 15 is 0 Å². The zero-order valence-corrected chi connectivity index (χ0v) is 12.2. The molecule has 0 bridgehead atoms. The number of hydrogen-bond acceptors (Lipinski definition) is 2. The molecule has 0 heterocycles. The Morgan fingerprint density at radius 1 is 0.842 bits per heavy atom. The summed E-state index contributed by atoms with van der Waals surface area (Å²) in [5, 5.41) is 8.94. The molecule has 1 aromatic carbocycles. The van der Waals surface area contributed by atoms with Crippen LogP contribution in [-0.4, -0.2) is 11.7 Å². The molecule has 0 aromatic heterocycles. The maximum absolute atomic E-state index is 8.94. The third-order valence-corrected chi connectivity index (χ3v) is 3.37. The summed E-state index contributed by atoms with van der Waals surface area (Å²) in [6.07, 6.45) is 10.6. The molecule has 2 heteroatoms. The summed E-state index contributed by atoms with van der Waals surface area (Å²) in [4.78, 5) is 0. The van der Waals surface area contributed by atoms with Gasteiger partial charge in [0.1, 0.15) is 5.75 Å². The molecule has 0 spiro atoms. The fourth-order valence-electron chi connectivity index (χ4n) is 2.12. The van der Waals surface area contributed by atoms with Gasteiger partial charge in [0.15, 0.2) is 0 Å². The molecule has 0 unspecified atom stereocenters. The fraction of sp³-hybridized carbons (Fsp3) is 0.647. The number of benzene rings is 1. The van der Waals surface area contributed by atoms with Crippen molar-refractivity contribution >= 4 is 0 Å². The van der Waals surface area contributed by atoms with Crippen LogP contribution in [0.3, 0.4) is 0 Å². The van der Waals surface area contributed by atoms with Crippen LogP contribution in [0, 0.1) is 0 Å². The highest BCUT2D eigenvalue weighted by Gasteiger charge is 1.95. The average molecular weight is 264 g/mol. The summed E-state index contributed by atoms with van der Waals surface area (Å²) >= 11 is 0. The van der Waals surface area contributed by atoms with E-state index < -0.39 is 0 Å². The van der Waals surface area contributed by atoms with E-state index in [4.69, 9.17) is 9.84 Å². The van der Waals surface area contributed by atoms with Crippen molar-refractivity contribution in [1.29, 1.82) is 0 Å². The standard InChI is InChI=1S/C17H28O2/c1-2-3-4-5-6-7-8-9-14-19-17-12-10-16(15-18)11-13-17/h10-13,18H,2-9,14-15H2,1H3. The Morgan fingerprint density at radius 3 is 2.00 bits per heavy atom. The first-order valence-electron chi connectivity index (χ1n) is 7.69. The summed E-state index contributed by atoms with van der Waals surface area (Å²) in [6.45, 7) is 3.15. The van der Waals surface area contributed by atoms with Gasteiger partial charge >= 0.3 is 0 Å². The molecule has 0 saturated heterocycles. The van der Waals surface area contributed by atoms with Gasteiger partial charge < -0.3 is 9.84 Å². The second-order valence-electron chi connectivity index (χ2n) is 5.13. The number of unbranched alkanes of at least 4 members (excludes halogenated alkanes) is 7. The molecule has 1 rings (SSSR count). The van der Waals surface area contributed by atoms with Gasteiger partial charge in [0.05, 0.1) is 13.2 Å². The highest BCUT2D eigenvalue weighted by Crippen LogP contribution is 2.13. The monoisotopic (exact) mass is 264 g/mol. The number of ether oxygens (including phenoxy) is 1. The zero-order valence-electron chi connectivity index (χ0n) is 12.2. The lowest BCUT2D eigenvalue weighted by molar-refractivity contribution is 0.281. The maximum Gasteiger partial charge on any atom is 0.119 e. The number of aliphatic hydroxyl groups excluding tert-OH is 1. The van der Waals surface area contributed by atoms with Gasteiger partial charge in [-0.25, -0.2) is 0 Å². The summed E-state index contributed by atoms with van der Waals surface area (Å²) in [7, 11) is 0. The first kappa shape index (κ1) is 16.0. The van der Waals surface area contributed by atoms with E-state index in [1.165, 1.54) is 44.9 Å². The molecule has 0 saturated carbocycles. The molecule has 0 fully saturated rings. The second kappa shape index (κ2) is 10.9. The highest BCUT2D eigenvalue weighted by molar-refractivity contribution is 5.26. The van der Waals surface area contributed by atoms with Gasteiger partial charge in [-0.2, -0.15) is 0 Å². The first-order valence-corrected chi connectivity index (χ1v) is 7.69. The van der Waals surface area contributed by atoms with E-state index in [0.29, 0.717) is 0 Å². The molecule has 108 valence electrons. The van der Waals surface area contributed by atoms with Crippen LogP contribution in [-0.2, 0) is 6.61 Å². The van der Waals surface area contributed by atoms with Gasteiger partial charge in [-0.3, -0.25) is 0 Å². The van der Waals surface area contributed by atoms with Crippen LogP contribution < -0.4 is 4.74 Å². The average Bonchev–Trinajstić information content (AvgIpc) is 2.46. The molecule has 0 aliphatic heterocycles. The van der Waals surface area contributed by atoms with E-state index in [1.807, 2.05) is 24.3 Å². The highest BCUT2D eigenvalue weighted by atomic mass is 16.5. The van der Waals surface area contributed by atoms with Crippen molar-refractivity contribution in [1.82, 2.24) is 0 Å². The fourth-order valence-corrected chi connectivity index (χ4v) is 2.12. The van der Waals surface area contributed by atoms with Gasteiger partial charge in [-0.1, -0.05) is 64.0 Å². The van der Waals surface area contributed by atoms with Crippen molar-refractivity contribution < 1.29 is 9.84 Å². The molecule has 1 N–H and O–H groups in total. The van der Waals surface area contributed by atoms with Crippen LogP contribution in [0.4, 0.5) is 0 Å². The Labute approximate surface area is 117 Å². The SMILES string of the molecule is CCCCCCCCCCOc1ccc(CO)cc1. The molecule has 1 aromatic rings. The summed E-state index contributed by atoms with van der Waals surface area (Å²) in [5.41, 5.74) is 0.930. The Kier molecular flexibility index (Phi) is 9.17. The quantitative estimate of drug-likeness (QED) is 0.587. The van der Waals surface area contributed by atoms with Crippen LogP contribution >= 0.6 is 0 Å². The summed E-state index contributed by atoms with van der Waals surface area (Å²) in [6, 6.07) is 7.67. The maximum atomic E-state index is 8.94. The molecule has 2 nitrogen and oxygen atoms in total. The minimum atomic E-state index is 0.0955. The van der Waals surface area contributed by atoms with E-state index in [1.54, 1.807) is 0 Å². The molecule has 0 aliphatic carbocycles. The van der Waals surface area contributed by atoms with E-state index in [2.05, 4.69) is 6.92 Å². The van der Waals surface area contributed by atoms with Gasteiger partial charge in [-0.05, 0) is 24.1 Å². The Balaban J connectivity index is 1.95. The molecule has 0 radical (unpaired) electrons. The predicted octanol–water partition coefficient (Wildman–Crippen LogP) is 4.70. The normalized spacial score (nSPS) is 10.6. The number of rotatable bonds is 11. The number of aliphatic hydroxyl groups is 1. The van der Waals surface area contributed by atoms with Crippen LogP contribution in [0.2, 0.25) is 0 Å². The lowest BCUT2D eigenvalue weighted by Crippen LogP contribution is -1.97. The van der Waals surface area contributed by atoms with Gasteiger partial charge in [0.25, 0.3) is 0 Å². The van der Waals surface area contributed by atoms with Gasteiger partial charge in [-0.15, -0.1) is 0 Å². The van der Waals surface area contributed by atoms with Crippen molar-refractivity contribution in [3.63, 3.8) is 0 Å². The second-order valence-corrected chi connectivity index (χ2v) is 5.13. The largest absolute Gasteiger partial charge is 0.494 e. The van der Waals surface area contributed by atoms with E-state index in [0.717, 1.165) is 24.3 Å². The Bertz CT molecular complexity index is 306. The van der Waals surface area contributed by atoms with Crippen molar-refractivity contribution in [2.75, 3.05) is 6.61 Å². The Hall–Kier alpha value is -1.02. The lowest BCUT2D eigenvalue weighted by atomic mass is 10.1. The summed E-state index contributed by atoms with van der Waals surface area (Å²) in [5.74, 6) is 0.903. The minimum absolute atomic E-state index is 0.0955. The van der Waals surface area contributed by atoms with Crippen molar-refractivity contribution in [3.05, 3.63) is 29.8 Å².